The number of unbranched alkanes of at least 4 members (excludes halogenated alkanes) is 12. The zero-order valence-corrected chi connectivity index (χ0v) is 24.2. The number of rotatable bonds is 22. The zero-order chi connectivity index (χ0) is 26.9. The predicted octanol–water partition coefficient (Wildman–Crippen LogP) is 5.00. The monoisotopic (exact) mass is 534 g/mol. The minimum absolute atomic E-state index is 0.128. The normalized spacial score (nSPS) is 21.2. The first-order chi connectivity index (χ1) is 17.1. The molecular weight excluding hydrogens is 480 g/mol. The summed E-state index contributed by atoms with van der Waals surface area (Å²) in [6.07, 6.45) is 16.9. The first kappa shape index (κ1) is 33.3. The quantitative estimate of drug-likeness (QED) is 0.102. The first-order valence-electron chi connectivity index (χ1n) is 14.4. The van der Waals surface area contributed by atoms with E-state index >= 15 is 0 Å². The van der Waals surface area contributed by atoms with Crippen molar-refractivity contribution in [3.63, 3.8) is 0 Å². The van der Waals surface area contributed by atoms with Crippen LogP contribution in [0, 0.1) is 5.92 Å². The van der Waals surface area contributed by atoms with Crippen LogP contribution in [0.5, 0.6) is 0 Å². The molecule has 9 heteroatoms. The Morgan fingerprint density at radius 2 is 1.53 bits per heavy atom. The summed E-state index contributed by atoms with van der Waals surface area (Å²) in [5, 5.41) is 13.6. The van der Waals surface area contributed by atoms with Crippen molar-refractivity contribution in [1.82, 2.24) is 10.0 Å². The second-order valence-corrected chi connectivity index (χ2v) is 12.7. The van der Waals surface area contributed by atoms with Crippen LogP contribution in [0.4, 0.5) is 0 Å². The molecule has 0 aliphatic carbocycles. The molecule has 1 fully saturated rings. The van der Waals surface area contributed by atoms with Gasteiger partial charge in [-0.3, -0.25) is 4.79 Å². The number of sulfonamides is 1. The van der Waals surface area contributed by atoms with Crippen LogP contribution in [-0.2, 0) is 24.3 Å². The number of nitrogens with one attached hydrogen (secondary N) is 2. The van der Waals surface area contributed by atoms with Gasteiger partial charge in [-0.15, -0.1) is 0 Å². The van der Waals surface area contributed by atoms with E-state index in [4.69, 9.17) is 9.47 Å². The van der Waals surface area contributed by atoms with Gasteiger partial charge in [0.1, 0.15) is 6.04 Å². The van der Waals surface area contributed by atoms with E-state index in [0.29, 0.717) is 31.7 Å². The molecule has 214 valence electrons. The maximum atomic E-state index is 12.7. The van der Waals surface area contributed by atoms with Gasteiger partial charge in [0.25, 0.3) is 0 Å². The summed E-state index contributed by atoms with van der Waals surface area (Å²) < 4.78 is 38.4. The highest BCUT2D eigenvalue weighted by atomic mass is 32.2. The first-order valence-corrected chi connectivity index (χ1v) is 16.0. The van der Waals surface area contributed by atoms with Crippen LogP contribution in [0.3, 0.4) is 0 Å². The molecule has 1 saturated heterocycles. The van der Waals surface area contributed by atoms with Crippen molar-refractivity contribution in [1.29, 1.82) is 0 Å². The van der Waals surface area contributed by atoms with Crippen molar-refractivity contribution in [3.8, 4) is 0 Å². The van der Waals surface area contributed by atoms with Crippen molar-refractivity contribution >= 4 is 16.0 Å². The lowest BCUT2D eigenvalue weighted by atomic mass is 10.0. The number of aliphatic hydroxyl groups is 1. The van der Waals surface area contributed by atoms with Gasteiger partial charge in [0.15, 0.2) is 0 Å². The molecule has 0 amide bonds. The van der Waals surface area contributed by atoms with Crippen LogP contribution in [0.15, 0.2) is 0 Å². The fraction of sp³-hybridized carbons (Fsp3) is 0.963. The van der Waals surface area contributed by atoms with Gasteiger partial charge in [0, 0.05) is 19.5 Å². The van der Waals surface area contributed by atoms with E-state index < -0.39 is 28.0 Å². The molecule has 8 nitrogen and oxygen atoms in total. The number of hydrogen-bond acceptors (Lipinski definition) is 7. The van der Waals surface area contributed by atoms with Crippen molar-refractivity contribution in [2.45, 2.75) is 142 Å². The van der Waals surface area contributed by atoms with Crippen LogP contribution < -0.4 is 10.0 Å². The van der Waals surface area contributed by atoms with E-state index in [1.807, 2.05) is 13.8 Å². The van der Waals surface area contributed by atoms with E-state index in [-0.39, 0.29) is 18.4 Å². The number of esters is 1. The van der Waals surface area contributed by atoms with Gasteiger partial charge < -0.3 is 19.9 Å². The third-order valence-electron chi connectivity index (χ3n) is 6.68. The Labute approximate surface area is 220 Å². The molecule has 0 spiro atoms. The molecule has 1 aliphatic rings. The molecule has 0 unspecified atom stereocenters. The average molecular weight is 535 g/mol. The molecule has 0 bridgehead atoms. The van der Waals surface area contributed by atoms with Crippen LogP contribution in [0.25, 0.3) is 0 Å². The van der Waals surface area contributed by atoms with Crippen LogP contribution in [0.1, 0.15) is 124 Å². The molecule has 1 heterocycles. The molecule has 1 rings (SSSR count). The van der Waals surface area contributed by atoms with Gasteiger partial charge in [-0.05, 0) is 25.2 Å². The topological polar surface area (TPSA) is 114 Å². The Balaban J connectivity index is 2.27. The standard InChI is InChI=1S/C27H54N2O6S/c1-5-6-7-8-9-10-11-12-13-14-15-16-17-20-36(32,33)29-25(21-23(2)3)22-28-26-18-19-34-27(26,31)35-24(4)30/h23,25-26,28-29,31H,5-22H2,1-4H3/t25-,26+,27+/m1/s1. The molecule has 0 saturated carbocycles. The average Bonchev–Trinajstić information content (AvgIpc) is 3.13. The molecule has 1 aliphatic heterocycles. The molecule has 0 aromatic carbocycles. The third kappa shape index (κ3) is 15.5. The van der Waals surface area contributed by atoms with Crippen molar-refractivity contribution in [2.24, 2.45) is 5.92 Å². The summed E-state index contributed by atoms with van der Waals surface area (Å²) in [4.78, 5) is 11.3. The fourth-order valence-corrected chi connectivity index (χ4v) is 6.18. The minimum atomic E-state index is -3.40. The third-order valence-corrected chi connectivity index (χ3v) is 8.19. The number of carbonyl (C=O) groups excluding carboxylic acids is 1. The molecule has 0 aromatic heterocycles. The van der Waals surface area contributed by atoms with E-state index in [2.05, 4.69) is 17.0 Å². The van der Waals surface area contributed by atoms with Gasteiger partial charge in [-0.25, -0.2) is 13.1 Å². The number of hydrogen-bond donors (Lipinski definition) is 3. The highest BCUT2D eigenvalue weighted by molar-refractivity contribution is 7.89. The molecule has 3 atom stereocenters. The summed E-state index contributed by atoms with van der Waals surface area (Å²) in [6.45, 7) is 8.11. The summed E-state index contributed by atoms with van der Waals surface area (Å²) >= 11 is 0. The largest absolute Gasteiger partial charge is 0.407 e. The van der Waals surface area contributed by atoms with Crippen LogP contribution >= 0.6 is 0 Å². The SMILES string of the molecule is CCCCCCCCCCCCCCCS(=O)(=O)N[C@@H](CN[C@H]1CCO[C@]1(O)OC(C)=O)CC(C)C. The second kappa shape index (κ2) is 18.5. The van der Waals surface area contributed by atoms with Gasteiger partial charge in [0.2, 0.25) is 10.0 Å². The smallest absolute Gasteiger partial charge is 0.343 e. The zero-order valence-electron chi connectivity index (χ0n) is 23.4. The van der Waals surface area contributed by atoms with Crippen molar-refractivity contribution < 1.29 is 27.8 Å². The summed E-state index contributed by atoms with van der Waals surface area (Å²) in [7, 11) is -3.40. The maximum Gasteiger partial charge on any atom is 0.343 e. The van der Waals surface area contributed by atoms with Gasteiger partial charge in [-0.1, -0.05) is 97.8 Å². The molecule has 0 radical (unpaired) electrons. The Bertz CT molecular complexity index is 688. The lowest BCUT2D eigenvalue weighted by Gasteiger charge is -2.29. The molecule has 0 aromatic rings. The van der Waals surface area contributed by atoms with Crippen molar-refractivity contribution in [2.75, 3.05) is 18.9 Å². The Hall–Kier alpha value is -0.740. The number of ether oxygens (including phenoxy) is 2. The minimum Gasteiger partial charge on any atom is -0.407 e. The highest BCUT2D eigenvalue weighted by Gasteiger charge is 2.46. The van der Waals surface area contributed by atoms with Gasteiger partial charge >= 0.3 is 11.9 Å². The van der Waals surface area contributed by atoms with Gasteiger partial charge in [-0.2, -0.15) is 0 Å². The lowest BCUT2D eigenvalue weighted by molar-refractivity contribution is -0.328. The summed E-state index contributed by atoms with van der Waals surface area (Å²) in [5.41, 5.74) is 0. The number of carbonyl (C=O) groups is 1. The fourth-order valence-electron chi connectivity index (χ4n) is 4.79. The van der Waals surface area contributed by atoms with E-state index in [1.165, 1.54) is 71.1 Å². The predicted molar refractivity (Wildman–Crippen MR) is 145 cm³/mol. The van der Waals surface area contributed by atoms with Gasteiger partial charge in [0.05, 0.1) is 12.4 Å². The Morgan fingerprint density at radius 3 is 2.03 bits per heavy atom. The van der Waals surface area contributed by atoms with Crippen LogP contribution in [0.2, 0.25) is 0 Å². The summed E-state index contributed by atoms with van der Waals surface area (Å²) in [5.74, 6) is -2.23. The van der Waals surface area contributed by atoms with E-state index in [1.54, 1.807) is 0 Å². The van der Waals surface area contributed by atoms with E-state index in [9.17, 15) is 18.3 Å². The molecular formula is C27H54N2O6S. The highest BCUT2D eigenvalue weighted by Crippen LogP contribution is 2.25. The molecule has 3 N–H and O–H groups in total. The van der Waals surface area contributed by atoms with E-state index in [0.717, 1.165) is 12.8 Å². The Morgan fingerprint density at radius 1 is 1.00 bits per heavy atom. The molecule has 36 heavy (non-hydrogen) atoms. The van der Waals surface area contributed by atoms with Crippen LogP contribution in [-0.4, -0.2) is 56.5 Å². The Kier molecular flexibility index (Phi) is 17.1. The maximum absolute atomic E-state index is 12.7. The summed E-state index contributed by atoms with van der Waals surface area (Å²) in [6, 6.07) is -0.930. The lowest BCUT2D eigenvalue weighted by Crippen LogP contribution is -2.54. The van der Waals surface area contributed by atoms with Crippen molar-refractivity contribution in [3.05, 3.63) is 0 Å². The second-order valence-electron chi connectivity index (χ2n) is 10.8.